The van der Waals surface area contributed by atoms with E-state index in [0.717, 1.165) is 12.8 Å². The lowest BCUT2D eigenvalue weighted by Gasteiger charge is -2.29. The summed E-state index contributed by atoms with van der Waals surface area (Å²) in [7, 11) is 0. The van der Waals surface area contributed by atoms with Crippen molar-refractivity contribution >= 4 is 17.8 Å². The summed E-state index contributed by atoms with van der Waals surface area (Å²) >= 11 is 0. The number of likely N-dealkylation sites (tertiary alicyclic amines) is 1. The minimum absolute atomic E-state index is 0.157. The van der Waals surface area contributed by atoms with E-state index in [1.54, 1.807) is 24.3 Å². The number of esters is 1. The molecule has 0 aromatic heterocycles. The van der Waals surface area contributed by atoms with Crippen LogP contribution in [-0.2, 0) is 14.3 Å². The van der Waals surface area contributed by atoms with Gasteiger partial charge in [-0.3, -0.25) is 14.5 Å². The predicted molar refractivity (Wildman–Crippen MR) is 82.4 cm³/mol. The standard InChI is InChI=1S/C17H20N2O4/c1-2-3-10-18-15(21)13-8-9-14(20)19(13)16-11-6-4-5-7-12(11)17(22)23-16/h4-7,13,16H,2-3,8-10H2,1H3,(H,18,21)/t13-,16+/m1/s1. The Hall–Kier alpha value is -2.37. The molecule has 2 atom stereocenters. The smallest absolute Gasteiger partial charge is 0.340 e. The number of rotatable bonds is 5. The predicted octanol–water partition coefficient (Wildman–Crippen LogP) is 1.76. The third-order valence-corrected chi connectivity index (χ3v) is 4.31. The topological polar surface area (TPSA) is 75.7 Å². The van der Waals surface area contributed by atoms with E-state index in [9.17, 15) is 14.4 Å². The second-order valence-corrected chi connectivity index (χ2v) is 5.84. The number of benzene rings is 1. The van der Waals surface area contributed by atoms with E-state index >= 15 is 0 Å². The van der Waals surface area contributed by atoms with Crippen molar-refractivity contribution < 1.29 is 19.1 Å². The van der Waals surface area contributed by atoms with Crippen molar-refractivity contribution in [3.63, 3.8) is 0 Å². The minimum Gasteiger partial charge on any atom is -0.433 e. The van der Waals surface area contributed by atoms with Crippen molar-refractivity contribution in [2.45, 2.75) is 44.9 Å². The maximum Gasteiger partial charge on any atom is 0.340 e. The third-order valence-electron chi connectivity index (χ3n) is 4.31. The number of ether oxygens (including phenoxy) is 1. The Morgan fingerprint density at radius 2 is 2.13 bits per heavy atom. The molecule has 6 heteroatoms. The van der Waals surface area contributed by atoms with E-state index in [2.05, 4.69) is 5.32 Å². The van der Waals surface area contributed by atoms with Gasteiger partial charge in [0.15, 0.2) is 0 Å². The number of fused-ring (bicyclic) bond motifs is 1. The molecular formula is C17H20N2O4. The summed E-state index contributed by atoms with van der Waals surface area (Å²) in [6, 6.07) is 6.41. The lowest BCUT2D eigenvalue weighted by molar-refractivity contribution is -0.145. The van der Waals surface area contributed by atoms with Crippen LogP contribution in [0.25, 0.3) is 0 Å². The first-order valence-electron chi connectivity index (χ1n) is 8.02. The van der Waals surface area contributed by atoms with E-state index in [4.69, 9.17) is 4.74 Å². The van der Waals surface area contributed by atoms with Gasteiger partial charge in [0, 0.05) is 18.5 Å². The number of cyclic esters (lactones) is 1. The first kappa shape index (κ1) is 15.5. The second kappa shape index (κ2) is 6.40. The van der Waals surface area contributed by atoms with Crippen LogP contribution >= 0.6 is 0 Å². The summed E-state index contributed by atoms with van der Waals surface area (Å²) in [4.78, 5) is 38.0. The normalized spacial score (nSPS) is 22.9. The van der Waals surface area contributed by atoms with Gasteiger partial charge in [0.1, 0.15) is 6.04 Å². The van der Waals surface area contributed by atoms with Gasteiger partial charge in [-0.1, -0.05) is 31.5 Å². The molecule has 2 amide bonds. The largest absolute Gasteiger partial charge is 0.433 e. The highest BCUT2D eigenvalue weighted by molar-refractivity contribution is 5.96. The van der Waals surface area contributed by atoms with E-state index in [1.165, 1.54) is 4.90 Å². The SMILES string of the molecule is CCCCNC(=O)[C@H]1CCC(=O)N1[C@H]1OC(=O)c2ccccc21. The van der Waals surface area contributed by atoms with Crippen LogP contribution in [0.3, 0.4) is 0 Å². The molecule has 0 spiro atoms. The first-order valence-corrected chi connectivity index (χ1v) is 8.02. The number of carbonyl (C=O) groups is 3. The maximum absolute atomic E-state index is 12.4. The summed E-state index contributed by atoms with van der Waals surface area (Å²) < 4.78 is 5.38. The van der Waals surface area contributed by atoms with Crippen LogP contribution in [0.5, 0.6) is 0 Å². The van der Waals surface area contributed by atoms with Crippen LogP contribution in [0.15, 0.2) is 24.3 Å². The summed E-state index contributed by atoms with van der Waals surface area (Å²) in [6.45, 7) is 2.64. The van der Waals surface area contributed by atoms with Crippen molar-refractivity contribution in [3.05, 3.63) is 35.4 Å². The Bertz CT molecular complexity index is 643. The Labute approximate surface area is 134 Å². The quantitative estimate of drug-likeness (QED) is 0.663. The van der Waals surface area contributed by atoms with Crippen LogP contribution in [0, 0.1) is 0 Å². The highest BCUT2D eigenvalue weighted by atomic mass is 16.6. The van der Waals surface area contributed by atoms with Crippen molar-refractivity contribution in [1.82, 2.24) is 10.2 Å². The summed E-state index contributed by atoms with van der Waals surface area (Å²) in [6.07, 6.45) is 1.83. The molecule has 1 fully saturated rings. The number of unbranched alkanes of at least 4 members (excludes halogenated alkanes) is 1. The molecule has 1 saturated heterocycles. The lowest BCUT2D eigenvalue weighted by Crippen LogP contribution is -2.46. The molecule has 1 N–H and O–H groups in total. The van der Waals surface area contributed by atoms with Gasteiger partial charge in [0.2, 0.25) is 18.0 Å². The number of nitrogens with zero attached hydrogens (tertiary/aromatic N) is 1. The molecule has 2 heterocycles. The van der Waals surface area contributed by atoms with E-state index in [-0.39, 0.29) is 11.8 Å². The molecule has 2 aliphatic rings. The lowest BCUT2D eigenvalue weighted by atomic mass is 10.1. The first-order chi connectivity index (χ1) is 11.1. The Balaban J connectivity index is 1.81. The van der Waals surface area contributed by atoms with Crippen LogP contribution in [0.4, 0.5) is 0 Å². The number of hydrogen-bond acceptors (Lipinski definition) is 4. The number of amides is 2. The maximum atomic E-state index is 12.4. The molecule has 0 radical (unpaired) electrons. The number of hydrogen-bond donors (Lipinski definition) is 1. The average molecular weight is 316 g/mol. The van der Waals surface area contributed by atoms with E-state index in [0.29, 0.717) is 30.5 Å². The molecule has 1 aromatic carbocycles. The van der Waals surface area contributed by atoms with E-state index < -0.39 is 18.2 Å². The van der Waals surface area contributed by atoms with Crippen molar-refractivity contribution in [2.24, 2.45) is 0 Å². The molecule has 122 valence electrons. The van der Waals surface area contributed by atoms with Gasteiger partial charge in [-0.2, -0.15) is 0 Å². The van der Waals surface area contributed by atoms with Crippen molar-refractivity contribution in [3.8, 4) is 0 Å². The molecule has 23 heavy (non-hydrogen) atoms. The molecular weight excluding hydrogens is 296 g/mol. The van der Waals surface area contributed by atoms with Crippen LogP contribution < -0.4 is 5.32 Å². The highest BCUT2D eigenvalue weighted by Crippen LogP contribution is 2.38. The van der Waals surface area contributed by atoms with Gasteiger partial charge in [0.05, 0.1) is 5.56 Å². The minimum atomic E-state index is -0.796. The molecule has 6 nitrogen and oxygen atoms in total. The third kappa shape index (κ3) is 2.81. The van der Waals surface area contributed by atoms with Crippen molar-refractivity contribution in [2.75, 3.05) is 6.54 Å². The zero-order chi connectivity index (χ0) is 16.4. The zero-order valence-corrected chi connectivity index (χ0v) is 13.1. The molecule has 1 aromatic rings. The van der Waals surface area contributed by atoms with Gasteiger partial charge in [-0.15, -0.1) is 0 Å². The Morgan fingerprint density at radius 1 is 1.35 bits per heavy atom. The Kier molecular flexibility index (Phi) is 4.32. The summed E-state index contributed by atoms with van der Waals surface area (Å²) in [5.74, 6) is -0.782. The molecule has 0 unspecified atom stereocenters. The fourth-order valence-corrected chi connectivity index (χ4v) is 3.09. The van der Waals surface area contributed by atoms with Crippen molar-refractivity contribution in [1.29, 1.82) is 0 Å². The fraction of sp³-hybridized carbons (Fsp3) is 0.471. The van der Waals surface area contributed by atoms with Crippen LogP contribution in [0.1, 0.15) is 54.8 Å². The van der Waals surface area contributed by atoms with E-state index in [1.807, 2.05) is 6.92 Å². The monoisotopic (exact) mass is 316 g/mol. The molecule has 3 rings (SSSR count). The summed E-state index contributed by atoms with van der Waals surface area (Å²) in [5.41, 5.74) is 1.11. The highest BCUT2D eigenvalue weighted by Gasteiger charge is 2.46. The molecule has 0 saturated carbocycles. The number of carbonyl (C=O) groups excluding carboxylic acids is 3. The number of nitrogens with one attached hydrogen (secondary N) is 1. The summed E-state index contributed by atoms with van der Waals surface area (Å²) in [5, 5.41) is 2.86. The second-order valence-electron chi connectivity index (χ2n) is 5.84. The zero-order valence-electron chi connectivity index (χ0n) is 13.1. The Morgan fingerprint density at radius 3 is 2.91 bits per heavy atom. The van der Waals surface area contributed by atoms with Gasteiger partial charge in [-0.25, -0.2) is 4.79 Å². The average Bonchev–Trinajstić information content (AvgIpc) is 3.08. The van der Waals surface area contributed by atoms with Gasteiger partial charge < -0.3 is 10.1 Å². The van der Waals surface area contributed by atoms with Gasteiger partial charge in [-0.05, 0) is 18.9 Å². The van der Waals surface area contributed by atoms with Gasteiger partial charge >= 0.3 is 5.97 Å². The van der Waals surface area contributed by atoms with Crippen LogP contribution in [0.2, 0.25) is 0 Å². The van der Waals surface area contributed by atoms with Crippen LogP contribution in [-0.4, -0.2) is 35.3 Å². The molecule has 0 aliphatic carbocycles. The molecule has 0 bridgehead atoms. The van der Waals surface area contributed by atoms with Gasteiger partial charge in [0.25, 0.3) is 0 Å². The molecule has 2 aliphatic heterocycles. The fourth-order valence-electron chi connectivity index (χ4n) is 3.09.